The Morgan fingerprint density at radius 2 is 2.11 bits per heavy atom. The molecule has 0 aromatic heterocycles. The first-order valence-electron chi connectivity index (χ1n) is 6.01. The van der Waals surface area contributed by atoms with Crippen LogP contribution in [0.25, 0.3) is 0 Å². The van der Waals surface area contributed by atoms with E-state index >= 15 is 0 Å². The maximum atomic E-state index is 13.3. The van der Waals surface area contributed by atoms with Crippen molar-refractivity contribution in [3.63, 3.8) is 0 Å². The molecule has 1 fully saturated rings. The Hall–Kier alpha value is -1.56. The molecule has 104 valence electrons. The van der Waals surface area contributed by atoms with Gasteiger partial charge in [0, 0.05) is 19.0 Å². The average Bonchev–Trinajstić information content (AvgIpc) is 2.68. The van der Waals surface area contributed by atoms with Crippen molar-refractivity contribution < 1.29 is 23.1 Å². The van der Waals surface area contributed by atoms with Crippen molar-refractivity contribution in [1.29, 1.82) is 0 Å². The van der Waals surface area contributed by atoms with Gasteiger partial charge in [0.2, 0.25) is 5.91 Å². The van der Waals surface area contributed by atoms with Crippen molar-refractivity contribution >= 4 is 5.91 Å². The molecule has 1 heterocycles. The van der Waals surface area contributed by atoms with Gasteiger partial charge in [0.1, 0.15) is 23.9 Å². The number of likely N-dealkylation sites (tertiary alicyclic amines) is 1. The van der Waals surface area contributed by atoms with Crippen LogP contribution in [0.5, 0.6) is 0 Å². The minimum Gasteiger partial charge on any atom is -0.388 e. The molecule has 19 heavy (non-hydrogen) atoms. The van der Waals surface area contributed by atoms with Crippen molar-refractivity contribution in [3.05, 3.63) is 35.4 Å². The molecule has 1 aromatic rings. The lowest BCUT2D eigenvalue weighted by molar-refractivity contribution is -0.130. The highest BCUT2D eigenvalue weighted by Crippen LogP contribution is 2.16. The summed E-state index contributed by atoms with van der Waals surface area (Å²) in [6, 6.07) is 3.17. The second-order valence-corrected chi connectivity index (χ2v) is 4.62. The van der Waals surface area contributed by atoms with Crippen molar-refractivity contribution in [2.75, 3.05) is 13.1 Å². The number of hydrogen-bond acceptors (Lipinski definition) is 2. The molecule has 2 rings (SSSR count). The molecule has 1 aliphatic rings. The number of aliphatic hydroxyl groups excluding tert-OH is 1. The zero-order valence-corrected chi connectivity index (χ0v) is 10.2. The number of nitrogens with zero attached hydrogens (tertiary/aromatic N) is 1. The van der Waals surface area contributed by atoms with Crippen LogP contribution in [0.2, 0.25) is 0 Å². The van der Waals surface area contributed by atoms with Gasteiger partial charge in [-0.3, -0.25) is 4.79 Å². The molecular weight excluding hydrogens is 259 g/mol. The first kappa shape index (κ1) is 13.9. The molecular formula is C13H14F3NO2. The molecule has 2 atom stereocenters. The molecule has 1 saturated heterocycles. The van der Waals surface area contributed by atoms with Crippen LogP contribution < -0.4 is 0 Å². The van der Waals surface area contributed by atoms with E-state index in [9.17, 15) is 23.1 Å². The molecule has 1 aromatic carbocycles. The standard InChI is InChI=1S/C13H14F3NO2/c14-9-3-1-8(10(15)5-9)2-4-13(19)17-6-11(16)12(18)7-17/h1,3,5,11-12,18H,2,4,6-7H2/t11-,12-/m1/s1. The van der Waals surface area contributed by atoms with E-state index in [1.54, 1.807) is 0 Å². The van der Waals surface area contributed by atoms with Crippen LogP contribution in [0.1, 0.15) is 12.0 Å². The fourth-order valence-corrected chi connectivity index (χ4v) is 2.07. The van der Waals surface area contributed by atoms with E-state index in [-0.39, 0.29) is 37.4 Å². The number of alkyl halides is 1. The Kier molecular flexibility index (Phi) is 4.09. The lowest BCUT2D eigenvalue weighted by atomic mass is 10.1. The molecule has 1 amide bonds. The molecule has 1 aliphatic heterocycles. The van der Waals surface area contributed by atoms with Crippen LogP contribution in [0.3, 0.4) is 0 Å². The van der Waals surface area contributed by atoms with Gasteiger partial charge in [-0.1, -0.05) is 6.07 Å². The molecule has 0 unspecified atom stereocenters. The highest BCUT2D eigenvalue weighted by atomic mass is 19.1. The monoisotopic (exact) mass is 273 g/mol. The number of hydrogen-bond donors (Lipinski definition) is 1. The van der Waals surface area contributed by atoms with Crippen molar-refractivity contribution in [2.24, 2.45) is 0 Å². The fraction of sp³-hybridized carbons (Fsp3) is 0.462. The van der Waals surface area contributed by atoms with E-state index in [2.05, 4.69) is 0 Å². The Morgan fingerprint density at radius 1 is 1.37 bits per heavy atom. The van der Waals surface area contributed by atoms with Gasteiger partial charge in [-0.05, 0) is 18.1 Å². The molecule has 0 spiro atoms. The first-order valence-corrected chi connectivity index (χ1v) is 6.01. The quantitative estimate of drug-likeness (QED) is 0.905. The molecule has 0 bridgehead atoms. The number of aliphatic hydroxyl groups is 1. The predicted octanol–water partition coefficient (Wildman–Crippen LogP) is 1.44. The van der Waals surface area contributed by atoms with E-state index in [0.29, 0.717) is 0 Å². The molecule has 0 aliphatic carbocycles. The van der Waals surface area contributed by atoms with Crippen molar-refractivity contribution in [1.82, 2.24) is 4.90 Å². The van der Waals surface area contributed by atoms with E-state index in [1.807, 2.05) is 0 Å². The number of carbonyl (C=O) groups is 1. The van der Waals surface area contributed by atoms with E-state index in [0.717, 1.165) is 12.1 Å². The Balaban J connectivity index is 1.90. The summed E-state index contributed by atoms with van der Waals surface area (Å²) in [6.07, 6.45) is -2.45. The highest BCUT2D eigenvalue weighted by molar-refractivity contribution is 5.76. The number of amides is 1. The Labute approximate surface area is 108 Å². The number of halogens is 3. The summed E-state index contributed by atoms with van der Waals surface area (Å²) in [4.78, 5) is 13.0. The van der Waals surface area contributed by atoms with E-state index < -0.39 is 23.9 Å². The largest absolute Gasteiger partial charge is 0.388 e. The number of rotatable bonds is 3. The predicted molar refractivity (Wildman–Crippen MR) is 62.2 cm³/mol. The van der Waals surface area contributed by atoms with E-state index in [1.165, 1.54) is 11.0 Å². The van der Waals surface area contributed by atoms with Gasteiger partial charge in [0.25, 0.3) is 0 Å². The van der Waals surface area contributed by atoms with Crippen LogP contribution >= 0.6 is 0 Å². The number of β-amino-alcohol motifs (C(OH)–C–C–N with tert-alkyl or cyclic N) is 1. The normalized spacial score (nSPS) is 22.8. The second-order valence-electron chi connectivity index (χ2n) is 4.62. The lowest BCUT2D eigenvalue weighted by Crippen LogP contribution is -2.29. The van der Waals surface area contributed by atoms with Gasteiger partial charge < -0.3 is 10.0 Å². The number of benzene rings is 1. The van der Waals surface area contributed by atoms with Gasteiger partial charge in [-0.25, -0.2) is 13.2 Å². The average molecular weight is 273 g/mol. The Morgan fingerprint density at radius 3 is 2.68 bits per heavy atom. The Bertz CT molecular complexity index is 471. The van der Waals surface area contributed by atoms with Gasteiger partial charge >= 0.3 is 0 Å². The van der Waals surface area contributed by atoms with Gasteiger partial charge in [-0.15, -0.1) is 0 Å². The summed E-state index contributed by atoms with van der Waals surface area (Å²) >= 11 is 0. The summed E-state index contributed by atoms with van der Waals surface area (Å²) in [6.45, 7) is -0.169. The molecule has 3 nitrogen and oxygen atoms in total. The smallest absolute Gasteiger partial charge is 0.223 e. The molecule has 1 N–H and O–H groups in total. The number of carbonyl (C=O) groups excluding carboxylic acids is 1. The third-order valence-electron chi connectivity index (χ3n) is 3.20. The van der Waals surface area contributed by atoms with Crippen LogP contribution in [0.4, 0.5) is 13.2 Å². The summed E-state index contributed by atoms with van der Waals surface area (Å²) in [5.41, 5.74) is 0.242. The molecule has 0 saturated carbocycles. The second kappa shape index (κ2) is 5.61. The minimum absolute atomic E-state index is 0.00198. The fourth-order valence-electron chi connectivity index (χ4n) is 2.07. The zero-order valence-electron chi connectivity index (χ0n) is 10.2. The van der Waals surface area contributed by atoms with E-state index in [4.69, 9.17) is 0 Å². The molecule has 0 radical (unpaired) electrons. The minimum atomic E-state index is -1.42. The summed E-state index contributed by atoms with van der Waals surface area (Å²) in [5, 5.41) is 9.21. The zero-order chi connectivity index (χ0) is 14.0. The number of aryl methyl sites for hydroxylation is 1. The van der Waals surface area contributed by atoms with Crippen molar-refractivity contribution in [3.8, 4) is 0 Å². The van der Waals surface area contributed by atoms with Crippen LogP contribution in [-0.4, -0.2) is 41.3 Å². The van der Waals surface area contributed by atoms with Gasteiger partial charge in [-0.2, -0.15) is 0 Å². The topological polar surface area (TPSA) is 40.5 Å². The highest BCUT2D eigenvalue weighted by Gasteiger charge is 2.33. The third-order valence-corrected chi connectivity index (χ3v) is 3.20. The third kappa shape index (κ3) is 3.26. The van der Waals surface area contributed by atoms with Crippen molar-refractivity contribution in [2.45, 2.75) is 25.1 Å². The SMILES string of the molecule is O=C(CCc1ccc(F)cc1F)N1C[C@@H](O)[C@H](F)C1. The lowest BCUT2D eigenvalue weighted by Gasteiger charge is -2.15. The van der Waals surface area contributed by atoms with Gasteiger partial charge in [0.05, 0.1) is 6.54 Å². The molecule has 6 heteroatoms. The first-order chi connectivity index (χ1) is 8.97. The maximum Gasteiger partial charge on any atom is 0.223 e. The maximum absolute atomic E-state index is 13.3. The summed E-state index contributed by atoms with van der Waals surface area (Å²) < 4.78 is 39.1. The summed E-state index contributed by atoms with van der Waals surface area (Å²) in [5.74, 6) is -1.71. The van der Waals surface area contributed by atoms with Crippen LogP contribution in [0.15, 0.2) is 18.2 Å². The van der Waals surface area contributed by atoms with Crippen LogP contribution in [-0.2, 0) is 11.2 Å². The summed E-state index contributed by atoms with van der Waals surface area (Å²) in [7, 11) is 0. The van der Waals surface area contributed by atoms with Crippen LogP contribution in [0, 0.1) is 11.6 Å². The van der Waals surface area contributed by atoms with Gasteiger partial charge in [0.15, 0.2) is 0 Å².